The fourth-order valence-corrected chi connectivity index (χ4v) is 0.588. The van der Waals surface area contributed by atoms with E-state index in [0.29, 0.717) is 0 Å². The van der Waals surface area contributed by atoms with Crippen molar-refractivity contribution in [1.29, 1.82) is 0 Å². The van der Waals surface area contributed by atoms with Gasteiger partial charge in [0.2, 0.25) is 0 Å². The average molecular weight is 127 g/mol. The average Bonchev–Trinajstić information content (AvgIpc) is 1.63. The highest BCUT2D eigenvalue weighted by Gasteiger charge is 1.82. The molecule has 0 aromatic carbocycles. The highest BCUT2D eigenvalue weighted by atomic mass is 16.6. The zero-order valence-corrected chi connectivity index (χ0v) is 6.43. The first-order valence-electron chi connectivity index (χ1n) is 2.89. The van der Waals surface area contributed by atoms with Crippen molar-refractivity contribution in [2.75, 3.05) is 7.11 Å². The number of hydrogen-bond donors (Lipinski definition) is 0. The molecule has 0 saturated heterocycles. The van der Waals surface area contributed by atoms with Crippen molar-refractivity contribution in [3.63, 3.8) is 0 Å². The summed E-state index contributed by atoms with van der Waals surface area (Å²) in [5.74, 6) is 0. The van der Waals surface area contributed by atoms with Crippen molar-refractivity contribution in [3.8, 4) is 0 Å². The van der Waals surface area contributed by atoms with Crippen molar-refractivity contribution < 1.29 is 4.84 Å². The van der Waals surface area contributed by atoms with Gasteiger partial charge in [-0.2, -0.15) is 0 Å². The van der Waals surface area contributed by atoms with Crippen molar-refractivity contribution in [1.82, 2.24) is 0 Å². The first kappa shape index (κ1) is 8.21. The molecule has 0 atom stereocenters. The molecule has 0 N–H and O–H groups in total. The molecule has 0 amide bonds. The summed E-state index contributed by atoms with van der Waals surface area (Å²) >= 11 is 0. The summed E-state index contributed by atoms with van der Waals surface area (Å²) in [6.45, 7) is 5.94. The van der Waals surface area contributed by atoms with Crippen LogP contribution in [0.5, 0.6) is 0 Å². The second-order valence-electron chi connectivity index (χ2n) is 2.14. The fourth-order valence-electron chi connectivity index (χ4n) is 0.588. The van der Waals surface area contributed by atoms with E-state index in [1.807, 2.05) is 26.8 Å². The Bertz CT molecular complexity index is 132. The molecule has 0 rings (SSSR count). The molecule has 0 spiro atoms. The summed E-state index contributed by atoms with van der Waals surface area (Å²) in [6.07, 6.45) is 1.96. The van der Waals surface area contributed by atoms with E-state index in [1.54, 1.807) is 7.11 Å². The first-order chi connectivity index (χ1) is 4.16. The van der Waals surface area contributed by atoms with Gasteiger partial charge in [0.15, 0.2) is 0 Å². The lowest BCUT2D eigenvalue weighted by Gasteiger charge is -1.90. The monoisotopic (exact) mass is 127 g/mol. The number of rotatable bonds is 2. The van der Waals surface area contributed by atoms with E-state index in [0.717, 1.165) is 5.71 Å². The third-order valence-corrected chi connectivity index (χ3v) is 0.733. The Morgan fingerprint density at radius 1 is 1.33 bits per heavy atom. The fraction of sp³-hybridized carbons (Fsp3) is 0.571. The number of oxime groups is 1. The SMILES string of the molecule is CON=C(C)C=C(C)C. The van der Waals surface area contributed by atoms with E-state index in [2.05, 4.69) is 9.99 Å². The first-order valence-corrected chi connectivity index (χ1v) is 2.89. The molecule has 0 saturated carbocycles. The van der Waals surface area contributed by atoms with Crippen LogP contribution in [0.1, 0.15) is 20.8 Å². The summed E-state index contributed by atoms with van der Waals surface area (Å²) in [7, 11) is 1.54. The minimum absolute atomic E-state index is 0.900. The van der Waals surface area contributed by atoms with Gasteiger partial charge in [-0.1, -0.05) is 10.7 Å². The van der Waals surface area contributed by atoms with Gasteiger partial charge < -0.3 is 4.84 Å². The quantitative estimate of drug-likeness (QED) is 0.410. The smallest absolute Gasteiger partial charge is 0.106 e. The van der Waals surface area contributed by atoms with Crippen molar-refractivity contribution in [2.24, 2.45) is 5.16 Å². The molecule has 2 nitrogen and oxygen atoms in total. The number of nitrogens with zero attached hydrogens (tertiary/aromatic N) is 1. The molecule has 0 aliphatic rings. The van der Waals surface area contributed by atoms with Crippen LogP contribution in [0.25, 0.3) is 0 Å². The van der Waals surface area contributed by atoms with E-state index in [4.69, 9.17) is 0 Å². The molecule has 0 unspecified atom stereocenters. The maximum atomic E-state index is 4.55. The van der Waals surface area contributed by atoms with Crippen molar-refractivity contribution in [3.05, 3.63) is 11.6 Å². The predicted octanol–water partition coefficient (Wildman–Crippen LogP) is 1.97. The minimum atomic E-state index is 0.900. The van der Waals surface area contributed by atoms with Gasteiger partial charge in [0, 0.05) is 0 Å². The van der Waals surface area contributed by atoms with Gasteiger partial charge in [-0.05, 0) is 26.8 Å². The third-order valence-electron chi connectivity index (χ3n) is 0.733. The van der Waals surface area contributed by atoms with E-state index < -0.39 is 0 Å². The number of hydrogen-bond acceptors (Lipinski definition) is 2. The zero-order valence-electron chi connectivity index (χ0n) is 6.43. The molecule has 2 heteroatoms. The highest BCUT2D eigenvalue weighted by Crippen LogP contribution is 1.90. The standard InChI is InChI=1S/C7H13NO/c1-6(2)5-7(3)8-9-4/h5H,1-4H3. The molecule has 52 valence electrons. The van der Waals surface area contributed by atoms with Crippen LogP contribution in [0.2, 0.25) is 0 Å². The highest BCUT2D eigenvalue weighted by molar-refractivity contribution is 5.92. The van der Waals surface area contributed by atoms with Crippen molar-refractivity contribution in [2.45, 2.75) is 20.8 Å². The summed E-state index contributed by atoms with van der Waals surface area (Å²) in [6, 6.07) is 0. The normalized spacial score (nSPS) is 10.9. The molecule has 0 aromatic rings. The lowest BCUT2D eigenvalue weighted by molar-refractivity contribution is 0.213. The zero-order chi connectivity index (χ0) is 7.28. The number of allylic oxidation sites excluding steroid dienone is 2. The Morgan fingerprint density at radius 2 is 1.89 bits per heavy atom. The van der Waals surface area contributed by atoms with Gasteiger partial charge in [-0.3, -0.25) is 0 Å². The maximum Gasteiger partial charge on any atom is 0.106 e. The van der Waals surface area contributed by atoms with Crippen molar-refractivity contribution >= 4 is 5.71 Å². The minimum Gasteiger partial charge on any atom is -0.399 e. The Kier molecular flexibility index (Phi) is 3.76. The van der Waals surface area contributed by atoms with Gasteiger partial charge in [-0.25, -0.2) is 0 Å². The Labute approximate surface area is 56.2 Å². The molecule has 0 heterocycles. The van der Waals surface area contributed by atoms with Gasteiger partial charge in [0.1, 0.15) is 7.11 Å². The molecule has 9 heavy (non-hydrogen) atoms. The van der Waals surface area contributed by atoms with Crippen LogP contribution in [-0.4, -0.2) is 12.8 Å². The lowest BCUT2D eigenvalue weighted by atomic mass is 10.3. The molecule has 0 fully saturated rings. The van der Waals surface area contributed by atoms with E-state index in [1.165, 1.54) is 5.57 Å². The van der Waals surface area contributed by atoms with Crippen LogP contribution >= 0.6 is 0 Å². The molecule has 0 aliphatic carbocycles. The van der Waals surface area contributed by atoms with Gasteiger partial charge in [-0.15, -0.1) is 0 Å². The Hall–Kier alpha value is -0.790. The largest absolute Gasteiger partial charge is 0.399 e. The maximum absolute atomic E-state index is 4.55. The molecule has 0 bridgehead atoms. The van der Waals surface area contributed by atoms with E-state index in [-0.39, 0.29) is 0 Å². The Morgan fingerprint density at radius 3 is 2.22 bits per heavy atom. The molecule has 0 aliphatic heterocycles. The van der Waals surface area contributed by atoms with Crippen LogP contribution in [0.4, 0.5) is 0 Å². The summed E-state index contributed by atoms with van der Waals surface area (Å²) < 4.78 is 0. The summed E-state index contributed by atoms with van der Waals surface area (Å²) in [5.41, 5.74) is 2.13. The topological polar surface area (TPSA) is 21.6 Å². The second kappa shape index (κ2) is 4.13. The Balaban J connectivity index is 3.90. The second-order valence-corrected chi connectivity index (χ2v) is 2.14. The summed E-state index contributed by atoms with van der Waals surface area (Å²) in [4.78, 5) is 4.55. The van der Waals surface area contributed by atoms with E-state index in [9.17, 15) is 0 Å². The van der Waals surface area contributed by atoms with Crippen LogP contribution in [-0.2, 0) is 4.84 Å². The van der Waals surface area contributed by atoms with Gasteiger partial charge >= 0.3 is 0 Å². The van der Waals surface area contributed by atoms with Crippen LogP contribution < -0.4 is 0 Å². The summed E-state index contributed by atoms with van der Waals surface area (Å²) in [5, 5.41) is 3.70. The molecular formula is C7H13NO. The predicted molar refractivity (Wildman–Crippen MR) is 39.5 cm³/mol. The lowest BCUT2D eigenvalue weighted by Crippen LogP contribution is -1.86. The van der Waals surface area contributed by atoms with Gasteiger partial charge in [0.25, 0.3) is 0 Å². The van der Waals surface area contributed by atoms with Crippen LogP contribution in [0.15, 0.2) is 16.8 Å². The molecule has 0 radical (unpaired) electrons. The van der Waals surface area contributed by atoms with Crippen LogP contribution in [0, 0.1) is 0 Å². The van der Waals surface area contributed by atoms with E-state index >= 15 is 0 Å². The molecular weight excluding hydrogens is 114 g/mol. The molecule has 0 aromatic heterocycles. The van der Waals surface area contributed by atoms with Gasteiger partial charge in [0.05, 0.1) is 5.71 Å². The van der Waals surface area contributed by atoms with Crippen LogP contribution in [0.3, 0.4) is 0 Å². The third kappa shape index (κ3) is 5.07.